The Labute approximate surface area is 188 Å². The molecule has 3 aromatic rings. The maximum atomic E-state index is 12.3. The van der Waals surface area contributed by atoms with E-state index in [1.165, 1.54) is 5.56 Å². The zero-order chi connectivity index (χ0) is 21.5. The fraction of sp³-hybridized carbons (Fsp3) is 0.192. The average molecular weight is 433 g/mol. The van der Waals surface area contributed by atoms with Crippen LogP contribution < -0.4 is 5.32 Å². The third kappa shape index (κ3) is 6.28. The Morgan fingerprint density at radius 1 is 0.903 bits per heavy atom. The van der Waals surface area contributed by atoms with E-state index in [4.69, 9.17) is 16.3 Å². The minimum absolute atomic E-state index is 0.156. The van der Waals surface area contributed by atoms with Crippen molar-refractivity contribution in [2.75, 3.05) is 31.6 Å². The SMILES string of the molecule is O=C(/C=C/c1ccc(CN2CCOCC2)cc1)Nc1ccc(-c2ccc(Cl)cc2)cc1. The van der Waals surface area contributed by atoms with Crippen molar-refractivity contribution in [2.45, 2.75) is 6.54 Å². The quantitative estimate of drug-likeness (QED) is 0.523. The molecule has 4 rings (SSSR count). The minimum Gasteiger partial charge on any atom is -0.379 e. The largest absolute Gasteiger partial charge is 0.379 e. The van der Waals surface area contributed by atoms with E-state index in [0.29, 0.717) is 5.02 Å². The van der Waals surface area contributed by atoms with Crippen LogP contribution in [-0.4, -0.2) is 37.1 Å². The normalized spacial score (nSPS) is 14.6. The van der Waals surface area contributed by atoms with E-state index >= 15 is 0 Å². The summed E-state index contributed by atoms with van der Waals surface area (Å²) in [5.41, 5.74) is 5.18. The summed E-state index contributed by atoms with van der Waals surface area (Å²) in [6.07, 6.45) is 3.39. The lowest BCUT2D eigenvalue weighted by atomic mass is 10.1. The zero-order valence-corrected chi connectivity index (χ0v) is 18.0. The summed E-state index contributed by atoms with van der Waals surface area (Å²) in [4.78, 5) is 14.7. The van der Waals surface area contributed by atoms with Gasteiger partial charge in [-0.1, -0.05) is 60.1 Å². The van der Waals surface area contributed by atoms with Crippen LogP contribution in [0.5, 0.6) is 0 Å². The molecule has 0 unspecified atom stereocenters. The number of carbonyl (C=O) groups excluding carboxylic acids is 1. The van der Waals surface area contributed by atoms with E-state index in [1.807, 2.05) is 66.7 Å². The van der Waals surface area contributed by atoms with E-state index in [0.717, 1.165) is 55.2 Å². The van der Waals surface area contributed by atoms with Gasteiger partial charge in [0.1, 0.15) is 0 Å². The number of ether oxygens (including phenoxy) is 1. The molecule has 0 bridgehead atoms. The first-order valence-electron chi connectivity index (χ1n) is 10.4. The molecule has 0 spiro atoms. The van der Waals surface area contributed by atoms with Gasteiger partial charge >= 0.3 is 0 Å². The fourth-order valence-electron chi connectivity index (χ4n) is 3.50. The minimum atomic E-state index is -0.156. The first kappa shape index (κ1) is 21.3. The van der Waals surface area contributed by atoms with Crippen LogP contribution in [0.3, 0.4) is 0 Å². The Morgan fingerprint density at radius 2 is 1.52 bits per heavy atom. The molecule has 4 nitrogen and oxygen atoms in total. The Bertz CT molecular complexity index is 1020. The molecule has 1 aliphatic heterocycles. The molecule has 5 heteroatoms. The standard InChI is InChI=1S/C26H25ClN2O2/c27-24-10-6-22(7-11-24)23-8-12-25(13-9-23)28-26(30)14-5-20-1-3-21(4-2-20)19-29-15-17-31-18-16-29/h1-14H,15-19H2,(H,28,30)/b14-5+. The highest BCUT2D eigenvalue weighted by molar-refractivity contribution is 6.30. The van der Waals surface area contributed by atoms with Crippen molar-refractivity contribution in [3.8, 4) is 11.1 Å². The number of carbonyl (C=O) groups is 1. The molecule has 1 saturated heterocycles. The molecule has 1 fully saturated rings. The van der Waals surface area contributed by atoms with Crippen molar-refractivity contribution < 1.29 is 9.53 Å². The van der Waals surface area contributed by atoms with Crippen LogP contribution in [0.15, 0.2) is 78.9 Å². The van der Waals surface area contributed by atoms with Gasteiger partial charge in [-0.3, -0.25) is 9.69 Å². The molecule has 158 valence electrons. The zero-order valence-electron chi connectivity index (χ0n) is 17.3. The van der Waals surface area contributed by atoms with Crippen LogP contribution in [0.4, 0.5) is 5.69 Å². The lowest BCUT2D eigenvalue weighted by molar-refractivity contribution is -0.111. The number of halogens is 1. The second-order valence-corrected chi connectivity index (χ2v) is 7.97. The summed E-state index contributed by atoms with van der Waals surface area (Å²) in [6.45, 7) is 4.49. The molecule has 0 saturated carbocycles. The van der Waals surface area contributed by atoms with Crippen LogP contribution in [0.2, 0.25) is 5.02 Å². The second-order valence-electron chi connectivity index (χ2n) is 7.54. The second kappa shape index (κ2) is 10.4. The summed E-state index contributed by atoms with van der Waals surface area (Å²) >= 11 is 5.94. The highest BCUT2D eigenvalue weighted by Gasteiger charge is 2.10. The van der Waals surface area contributed by atoms with Crippen molar-refractivity contribution in [3.63, 3.8) is 0 Å². The Balaban J connectivity index is 1.30. The summed E-state index contributed by atoms with van der Waals surface area (Å²) in [5, 5.41) is 3.61. The summed E-state index contributed by atoms with van der Waals surface area (Å²) in [6, 6.07) is 23.8. The molecule has 0 atom stereocenters. The highest BCUT2D eigenvalue weighted by Crippen LogP contribution is 2.23. The van der Waals surface area contributed by atoms with Crippen molar-refractivity contribution >= 4 is 29.3 Å². The van der Waals surface area contributed by atoms with E-state index in [1.54, 1.807) is 6.08 Å². The Kier molecular flexibility index (Phi) is 7.15. The molecular weight excluding hydrogens is 408 g/mol. The van der Waals surface area contributed by atoms with Gasteiger partial charge in [-0.2, -0.15) is 0 Å². The van der Waals surface area contributed by atoms with Crippen LogP contribution in [0.1, 0.15) is 11.1 Å². The van der Waals surface area contributed by atoms with Crippen molar-refractivity contribution in [1.82, 2.24) is 4.90 Å². The molecule has 1 N–H and O–H groups in total. The number of morpholine rings is 1. The molecule has 3 aromatic carbocycles. The number of benzene rings is 3. The van der Waals surface area contributed by atoms with Gasteiger partial charge in [0.15, 0.2) is 0 Å². The number of hydrogen-bond donors (Lipinski definition) is 1. The van der Waals surface area contributed by atoms with E-state index in [-0.39, 0.29) is 5.91 Å². The monoisotopic (exact) mass is 432 g/mol. The molecule has 0 aromatic heterocycles. The van der Waals surface area contributed by atoms with Gasteiger partial charge in [0.05, 0.1) is 13.2 Å². The number of anilines is 1. The van der Waals surface area contributed by atoms with Gasteiger partial charge in [-0.25, -0.2) is 0 Å². The van der Waals surface area contributed by atoms with Crippen molar-refractivity contribution in [3.05, 3.63) is 95.0 Å². The van der Waals surface area contributed by atoms with Crippen LogP contribution in [0, 0.1) is 0 Å². The predicted molar refractivity (Wildman–Crippen MR) is 127 cm³/mol. The number of nitrogens with zero attached hydrogens (tertiary/aromatic N) is 1. The molecule has 1 heterocycles. The van der Waals surface area contributed by atoms with Crippen LogP contribution in [0.25, 0.3) is 17.2 Å². The van der Waals surface area contributed by atoms with Gasteiger partial charge in [0.25, 0.3) is 0 Å². The first-order valence-corrected chi connectivity index (χ1v) is 10.8. The lowest BCUT2D eigenvalue weighted by Crippen LogP contribution is -2.35. The third-order valence-electron chi connectivity index (χ3n) is 5.25. The highest BCUT2D eigenvalue weighted by atomic mass is 35.5. The predicted octanol–water partition coefficient (Wildman–Crippen LogP) is 5.49. The van der Waals surface area contributed by atoms with Crippen LogP contribution >= 0.6 is 11.6 Å². The number of amides is 1. The van der Waals surface area contributed by atoms with Gasteiger partial charge in [-0.15, -0.1) is 0 Å². The van der Waals surface area contributed by atoms with E-state index < -0.39 is 0 Å². The average Bonchev–Trinajstić information content (AvgIpc) is 2.80. The maximum absolute atomic E-state index is 12.3. The van der Waals surface area contributed by atoms with Crippen LogP contribution in [-0.2, 0) is 16.1 Å². The Hall–Kier alpha value is -2.92. The summed E-state index contributed by atoms with van der Waals surface area (Å²) in [5.74, 6) is -0.156. The van der Waals surface area contributed by atoms with Gasteiger partial charge in [-0.05, 0) is 52.6 Å². The smallest absolute Gasteiger partial charge is 0.248 e. The molecular formula is C26H25ClN2O2. The van der Waals surface area contributed by atoms with E-state index in [9.17, 15) is 4.79 Å². The van der Waals surface area contributed by atoms with Crippen molar-refractivity contribution in [1.29, 1.82) is 0 Å². The topological polar surface area (TPSA) is 41.6 Å². The maximum Gasteiger partial charge on any atom is 0.248 e. The molecule has 0 aliphatic carbocycles. The third-order valence-corrected chi connectivity index (χ3v) is 5.50. The van der Waals surface area contributed by atoms with Crippen molar-refractivity contribution in [2.24, 2.45) is 0 Å². The first-order chi connectivity index (χ1) is 15.2. The number of nitrogens with one attached hydrogen (secondary N) is 1. The van der Waals surface area contributed by atoms with Gasteiger partial charge in [0.2, 0.25) is 5.91 Å². The van der Waals surface area contributed by atoms with Gasteiger partial charge in [0, 0.05) is 36.4 Å². The molecule has 0 radical (unpaired) electrons. The summed E-state index contributed by atoms with van der Waals surface area (Å²) in [7, 11) is 0. The molecule has 1 aliphatic rings. The van der Waals surface area contributed by atoms with E-state index in [2.05, 4.69) is 22.3 Å². The molecule has 31 heavy (non-hydrogen) atoms. The Morgan fingerprint density at radius 3 is 2.16 bits per heavy atom. The fourth-order valence-corrected chi connectivity index (χ4v) is 3.62. The van der Waals surface area contributed by atoms with Gasteiger partial charge < -0.3 is 10.1 Å². The number of hydrogen-bond acceptors (Lipinski definition) is 3. The molecule has 1 amide bonds. The number of rotatable bonds is 6. The lowest BCUT2D eigenvalue weighted by Gasteiger charge is -2.26. The summed E-state index contributed by atoms with van der Waals surface area (Å²) < 4.78 is 5.39.